The zero-order valence-corrected chi connectivity index (χ0v) is 11.0. The number of nitrogens with one attached hydrogen (secondary N) is 2. The molecule has 0 radical (unpaired) electrons. The van der Waals surface area contributed by atoms with Crippen molar-refractivity contribution in [3.8, 4) is 0 Å². The largest absolute Gasteiger partial charge is 0.394 e. The van der Waals surface area contributed by atoms with Gasteiger partial charge in [0, 0.05) is 25.6 Å². The van der Waals surface area contributed by atoms with Crippen molar-refractivity contribution in [2.45, 2.75) is 39.2 Å². The molecule has 5 heteroatoms. The van der Waals surface area contributed by atoms with E-state index in [1.54, 1.807) is 0 Å². The molecule has 5 nitrogen and oxygen atoms in total. The topological polar surface area (TPSA) is 70.6 Å². The summed E-state index contributed by atoms with van der Waals surface area (Å²) in [5.74, 6) is 0.0951. The van der Waals surface area contributed by atoms with Gasteiger partial charge in [-0.15, -0.1) is 0 Å². The Morgan fingerprint density at radius 1 is 1.24 bits per heavy atom. The average molecular weight is 246 g/mol. The number of amides is 1. The van der Waals surface area contributed by atoms with Crippen LogP contribution in [0.15, 0.2) is 0 Å². The first-order valence-corrected chi connectivity index (χ1v) is 6.35. The summed E-state index contributed by atoms with van der Waals surface area (Å²) >= 11 is 0. The Kier molecular flexibility index (Phi) is 11.4. The molecule has 0 saturated heterocycles. The maximum absolute atomic E-state index is 11.4. The van der Waals surface area contributed by atoms with Crippen LogP contribution in [0.25, 0.3) is 0 Å². The van der Waals surface area contributed by atoms with E-state index < -0.39 is 0 Å². The summed E-state index contributed by atoms with van der Waals surface area (Å²) in [5.41, 5.74) is 0. The molecular weight excluding hydrogens is 220 g/mol. The van der Waals surface area contributed by atoms with Crippen LogP contribution in [0, 0.1) is 0 Å². The average Bonchev–Trinajstić information content (AvgIpc) is 2.29. The van der Waals surface area contributed by atoms with Gasteiger partial charge in [0.25, 0.3) is 0 Å². The Morgan fingerprint density at radius 2 is 2.00 bits per heavy atom. The third-order valence-electron chi connectivity index (χ3n) is 2.16. The van der Waals surface area contributed by atoms with E-state index >= 15 is 0 Å². The molecule has 17 heavy (non-hydrogen) atoms. The minimum atomic E-state index is 0.0508. The van der Waals surface area contributed by atoms with Gasteiger partial charge in [0.05, 0.1) is 13.2 Å². The molecule has 0 rings (SSSR count). The normalized spacial score (nSPS) is 10.8. The van der Waals surface area contributed by atoms with E-state index in [1.165, 1.54) is 0 Å². The summed E-state index contributed by atoms with van der Waals surface area (Å²) in [6, 6.07) is 0.474. The van der Waals surface area contributed by atoms with Gasteiger partial charge in [-0.25, -0.2) is 0 Å². The summed E-state index contributed by atoms with van der Waals surface area (Å²) < 4.78 is 5.08. The molecule has 0 spiro atoms. The molecule has 0 aromatic rings. The standard InChI is InChI=1S/C12H26N2O3/c1-11(2)13-6-3-5-12(16)14-7-4-9-17-10-8-15/h11,13,15H,3-10H2,1-2H3,(H,14,16). The number of ether oxygens (including phenoxy) is 1. The highest BCUT2D eigenvalue weighted by atomic mass is 16.5. The van der Waals surface area contributed by atoms with Gasteiger partial charge >= 0.3 is 0 Å². The molecule has 0 bridgehead atoms. The molecule has 0 aromatic carbocycles. The van der Waals surface area contributed by atoms with Crippen LogP contribution in [-0.4, -0.2) is 50.0 Å². The lowest BCUT2D eigenvalue weighted by atomic mass is 10.2. The van der Waals surface area contributed by atoms with Gasteiger partial charge in [0.15, 0.2) is 0 Å². The van der Waals surface area contributed by atoms with Gasteiger partial charge in [-0.3, -0.25) is 4.79 Å². The molecule has 0 aliphatic rings. The second kappa shape index (κ2) is 11.8. The van der Waals surface area contributed by atoms with Crippen molar-refractivity contribution in [2.75, 3.05) is 32.9 Å². The van der Waals surface area contributed by atoms with E-state index in [0.29, 0.717) is 32.2 Å². The molecule has 0 saturated carbocycles. The minimum Gasteiger partial charge on any atom is -0.394 e. The summed E-state index contributed by atoms with van der Waals surface area (Å²) in [4.78, 5) is 11.4. The zero-order valence-electron chi connectivity index (χ0n) is 11.0. The van der Waals surface area contributed by atoms with Gasteiger partial charge in [0.1, 0.15) is 0 Å². The molecule has 0 unspecified atom stereocenters. The summed E-state index contributed by atoms with van der Waals surface area (Å²) in [6.45, 7) is 6.70. The lowest BCUT2D eigenvalue weighted by Crippen LogP contribution is -2.28. The number of carbonyl (C=O) groups is 1. The van der Waals surface area contributed by atoms with Crippen molar-refractivity contribution < 1.29 is 14.6 Å². The Hall–Kier alpha value is -0.650. The van der Waals surface area contributed by atoms with Crippen LogP contribution < -0.4 is 10.6 Å². The highest BCUT2D eigenvalue weighted by Gasteiger charge is 2.00. The minimum absolute atomic E-state index is 0.0508. The quantitative estimate of drug-likeness (QED) is 0.458. The van der Waals surface area contributed by atoms with E-state index in [9.17, 15) is 4.79 Å². The Bertz CT molecular complexity index is 187. The third kappa shape index (κ3) is 13.3. The predicted molar refractivity (Wildman–Crippen MR) is 67.9 cm³/mol. The first kappa shape index (κ1) is 16.4. The monoisotopic (exact) mass is 246 g/mol. The van der Waals surface area contributed by atoms with Gasteiger partial charge in [-0.1, -0.05) is 13.8 Å². The third-order valence-corrected chi connectivity index (χ3v) is 2.16. The predicted octanol–water partition coefficient (Wildman–Crippen LogP) is 0.280. The maximum Gasteiger partial charge on any atom is 0.220 e. The lowest BCUT2D eigenvalue weighted by molar-refractivity contribution is -0.121. The first-order valence-electron chi connectivity index (χ1n) is 6.35. The molecule has 0 fully saturated rings. The Labute approximate surface area is 104 Å². The number of aliphatic hydroxyl groups excluding tert-OH is 1. The van der Waals surface area contributed by atoms with Gasteiger partial charge in [-0.05, 0) is 19.4 Å². The Morgan fingerprint density at radius 3 is 2.65 bits per heavy atom. The second-order valence-corrected chi connectivity index (χ2v) is 4.25. The van der Waals surface area contributed by atoms with E-state index in [2.05, 4.69) is 24.5 Å². The van der Waals surface area contributed by atoms with Gasteiger partial charge in [-0.2, -0.15) is 0 Å². The molecule has 0 atom stereocenters. The number of hydrogen-bond donors (Lipinski definition) is 3. The summed E-state index contributed by atoms with van der Waals surface area (Å²) in [7, 11) is 0. The van der Waals surface area contributed by atoms with Crippen molar-refractivity contribution in [1.82, 2.24) is 10.6 Å². The van der Waals surface area contributed by atoms with E-state index in [1.807, 2.05) is 0 Å². The number of carbonyl (C=O) groups excluding carboxylic acids is 1. The fourth-order valence-corrected chi connectivity index (χ4v) is 1.30. The molecule has 3 N–H and O–H groups in total. The van der Waals surface area contributed by atoms with Crippen molar-refractivity contribution in [2.24, 2.45) is 0 Å². The zero-order chi connectivity index (χ0) is 12.9. The SMILES string of the molecule is CC(C)NCCCC(=O)NCCCOCCO. The molecule has 0 aliphatic carbocycles. The number of rotatable bonds is 11. The number of aliphatic hydroxyl groups is 1. The van der Waals surface area contributed by atoms with Crippen LogP contribution in [0.3, 0.4) is 0 Å². The molecule has 0 aliphatic heterocycles. The smallest absolute Gasteiger partial charge is 0.220 e. The first-order chi connectivity index (χ1) is 8.16. The second-order valence-electron chi connectivity index (χ2n) is 4.25. The Balaban J connectivity index is 3.18. The lowest BCUT2D eigenvalue weighted by Gasteiger charge is -2.08. The molecule has 0 heterocycles. The van der Waals surface area contributed by atoms with Crippen molar-refractivity contribution in [3.05, 3.63) is 0 Å². The van der Waals surface area contributed by atoms with Crippen LogP contribution in [0.2, 0.25) is 0 Å². The fourth-order valence-electron chi connectivity index (χ4n) is 1.30. The van der Waals surface area contributed by atoms with Crippen LogP contribution >= 0.6 is 0 Å². The van der Waals surface area contributed by atoms with E-state index in [0.717, 1.165) is 19.4 Å². The molecular formula is C12H26N2O3. The van der Waals surface area contributed by atoms with E-state index in [-0.39, 0.29) is 12.5 Å². The summed E-state index contributed by atoms with van der Waals surface area (Å²) in [6.07, 6.45) is 2.22. The van der Waals surface area contributed by atoms with Crippen LogP contribution in [-0.2, 0) is 9.53 Å². The van der Waals surface area contributed by atoms with Crippen molar-refractivity contribution >= 4 is 5.91 Å². The number of hydrogen-bond acceptors (Lipinski definition) is 4. The van der Waals surface area contributed by atoms with Crippen LogP contribution in [0.1, 0.15) is 33.1 Å². The highest BCUT2D eigenvalue weighted by Crippen LogP contribution is 1.89. The summed E-state index contributed by atoms with van der Waals surface area (Å²) in [5, 5.41) is 14.6. The van der Waals surface area contributed by atoms with Crippen LogP contribution in [0.5, 0.6) is 0 Å². The van der Waals surface area contributed by atoms with Crippen molar-refractivity contribution in [1.29, 1.82) is 0 Å². The van der Waals surface area contributed by atoms with E-state index in [4.69, 9.17) is 9.84 Å². The van der Waals surface area contributed by atoms with Crippen LogP contribution in [0.4, 0.5) is 0 Å². The molecule has 102 valence electrons. The van der Waals surface area contributed by atoms with Gasteiger partial charge < -0.3 is 20.5 Å². The fraction of sp³-hybridized carbons (Fsp3) is 0.917. The van der Waals surface area contributed by atoms with Gasteiger partial charge in [0.2, 0.25) is 5.91 Å². The highest BCUT2D eigenvalue weighted by molar-refractivity contribution is 5.75. The molecule has 1 amide bonds. The maximum atomic E-state index is 11.4. The van der Waals surface area contributed by atoms with Crippen molar-refractivity contribution in [3.63, 3.8) is 0 Å². The molecule has 0 aromatic heterocycles.